The van der Waals surface area contributed by atoms with E-state index < -0.39 is 11.7 Å². The lowest BCUT2D eigenvalue weighted by molar-refractivity contribution is -0.137. The van der Waals surface area contributed by atoms with Crippen molar-refractivity contribution in [3.8, 4) is 33.8 Å². The second-order valence-corrected chi connectivity index (χ2v) is 9.67. The van der Waals surface area contributed by atoms with Crippen molar-refractivity contribution in [2.24, 2.45) is 0 Å². The summed E-state index contributed by atoms with van der Waals surface area (Å²) in [6.07, 6.45) is -2.65. The molecule has 0 aliphatic carbocycles. The molecule has 2 N–H and O–H groups in total. The molecule has 0 fully saturated rings. The van der Waals surface area contributed by atoms with Crippen molar-refractivity contribution in [1.29, 1.82) is 0 Å². The Labute approximate surface area is 228 Å². The molecule has 8 heteroatoms. The molecule has 1 amide bonds. The van der Waals surface area contributed by atoms with Gasteiger partial charge in [0.1, 0.15) is 5.82 Å². The molecule has 0 radical (unpaired) electrons. The number of aryl methyl sites for hydroxylation is 2. The minimum atomic E-state index is -4.39. The molecule has 5 rings (SSSR count). The van der Waals surface area contributed by atoms with Crippen LogP contribution in [-0.2, 0) is 6.18 Å². The lowest BCUT2D eigenvalue weighted by Crippen LogP contribution is -2.13. The first kappa shape index (κ1) is 26.3. The number of rotatable bonds is 5. The van der Waals surface area contributed by atoms with Crippen LogP contribution in [0.5, 0.6) is 0 Å². The van der Waals surface area contributed by atoms with Crippen LogP contribution in [0.25, 0.3) is 33.8 Å². The van der Waals surface area contributed by atoms with Crippen molar-refractivity contribution in [1.82, 2.24) is 9.97 Å². The second kappa shape index (κ2) is 10.4. The van der Waals surface area contributed by atoms with E-state index in [1.54, 1.807) is 49.5 Å². The van der Waals surface area contributed by atoms with Crippen molar-refractivity contribution in [2.45, 2.75) is 20.0 Å². The molecule has 0 aliphatic rings. The van der Waals surface area contributed by atoms with Gasteiger partial charge in [0.15, 0.2) is 0 Å². The van der Waals surface area contributed by atoms with E-state index in [0.29, 0.717) is 44.4 Å². The fraction of sp³-hybridized carbons (Fsp3) is 0.0968. The first-order valence-electron chi connectivity index (χ1n) is 12.1. The number of hydrogen-bond acceptors (Lipinski definition) is 2. The third kappa shape index (κ3) is 5.73. The van der Waals surface area contributed by atoms with E-state index in [1.807, 2.05) is 31.2 Å². The van der Waals surface area contributed by atoms with Gasteiger partial charge in [-0.05, 0) is 72.5 Å². The highest BCUT2D eigenvalue weighted by molar-refractivity contribution is 6.33. The molecular formula is C31H23ClF3N3O. The van der Waals surface area contributed by atoms with Crippen LogP contribution in [0.15, 0.2) is 91.1 Å². The maximum atomic E-state index is 13.1. The van der Waals surface area contributed by atoms with E-state index in [4.69, 9.17) is 11.6 Å². The van der Waals surface area contributed by atoms with Gasteiger partial charge in [0.2, 0.25) is 0 Å². The topological polar surface area (TPSA) is 57.8 Å². The van der Waals surface area contributed by atoms with E-state index in [-0.39, 0.29) is 5.91 Å². The number of alkyl halides is 3. The molecular weight excluding hydrogens is 523 g/mol. The Morgan fingerprint density at radius 3 is 2.18 bits per heavy atom. The van der Waals surface area contributed by atoms with Gasteiger partial charge in [-0.3, -0.25) is 4.79 Å². The number of imidazole rings is 1. The SMILES string of the molecule is Cc1ccc(-c2cnc(-c3cc(NC(=O)c4ccc(-c5ccc(C(F)(F)F)cc5)cc4C)ccc3Cl)[nH]2)cc1. The number of benzene rings is 4. The van der Waals surface area contributed by atoms with Crippen LogP contribution in [0.4, 0.5) is 18.9 Å². The molecule has 39 heavy (non-hydrogen) atoms. The molecule has 0 atom stereocenters. The monoisotopic (exact) mass is 545 g/mol. The zero-order valence-electron chi connectivity index (χ0n) is 21.0. The lowest BCUT2D eigenvalue weighted by Gasteiger charge is -2.12. The maximum Gasteiger partial charge on any atom is 0.416 e. The Hall–Kier alpha value is -4.36. The smallest absolute Gasteiger partial charge is 0.338 e. The number of aromatic nitrogens is 2. The van der Waals surface area contributed by atoms with Gasteiger partial charge in [-0.1, -0.05) is 65.7 Å². The summed E-state index contributed by atoms with van der Waals surface area (Å²) >= 11 is 6.46. The Bertz CT molecular complexity index is 1660. The van der Waals surface area contributed by atoms with Gasteiger partial charge in [0, 0.05) is 16.8 Å². The predicted octanol–water partition coefficient (Wildman–Crippen LogP) is 8.95. The molecule has 0 unspecified atom stereocenters. The van der Waals surface area contributed by atoms with E-state index >= 15 is 0 Å². The van der Waals surface area contributed by atoms with Crippen molar-refractivity contribution in [3.05, 3.63) is 118 Å². The molecule has 0 spiro atoms. The van der Waals surface area contributed by atoms with E-state index in [2.05, 4.69) is 15.3 Å². The van der Waals surface area contributed by atoms with Gasteiger partial charge in [0.25, 0.3) is 5.91 Å². The molecule has 196 valence electrons. The fourth-order valence-electron chi connectivity index (χ4n) is 4.27. The highest BCUT2D eigenvalue weighted by Crippen LogP contribution is 2.33. The predicted molar refractivity (Wildman–Crippen MR) is 149 cm³/mol. The van der Waals surface area contributed by atoms with Crippen LogP contribution in [0.3, 0.4) is 0 Å². The quantitative estimate of drug-likeness (QED) is 0.231. The largest absolute Gasteiger partial charge is 0.416 e. The second-order valence-electron chi connectivity index (χ2n) is 9.27. The molecule has 0 saturated heterocycles. The summed E-state index contributed by atoms with van der Waals surface area (Å²) < 4.78 is 38.6. The van der Waals surface area contributed by atoms with E-state index in [0.717, 1.165) is 29.0 Å². The zero-order chi connectivity index (χ0) is 27.7. The van der Waals surface area contributed by atoms with Gasteiger partial charge < -0.3 is 10.3 Å². The van der Waals surface area contributed by atoms with Crippen LogP contribution in [0.1, 0.15) is 27.0 Å². The highest BCUT2D eigenvalue weighted by atomic mass is 35.5. The number of halogens is 4. The zero-order valence-corrected chi connectivity index (χ0v) is 21.8. The fourth-order valence-corrected chi connectivity index (χ4v) is 4.48. The number of nitrogens with zero attached hydrogens (tertiary/aromatic N) is 1. The van der Waals surface area contributed by atoms with E-state index in [9.17, 15) is 18.0 Å². The number of anilines is 1. The van der Waals surface area contributed by atoms with Gasteiger partial charge in [-0.25, -0.2) is 4.98 Å². The Morgan fingerprint density at radius 2 is 1.51 bits per heavy atom. The number of nitrogens with one attached hydrogen (secondary N) is 2. The minimum Gasteiger partial charge on any atom is -0.338 e. The number of carbonyl (C=O) groups is 1. The van der Waals surface area contributed by atoms with Crippen molar-refractivity contribution in [3.63, 3.8) is 0 Å². The molecule has 0 aliphatic heterocycles. The van der Waals surface area contributed by atoms with Gasteiger partial charge in [-0.2, -0.15) is 13.2 Å². The minimum absolute atomic E-state index is 0.320. The van der Waals surface area contributed by atoms with Crippen molar-refractivity contribution < 1.29 is 18.0 Å². The van der Waals surface area contributed by atoms with Gasteiger partial charge in [0.05, 0.1) is 22.5 Å². The summed E-state index contributed by atoms with van der Waals surface area (Å²) in [4.78, 5) is 20.9. The number of amides is 1. The number of H-pyrrole nitrogens is 1. The molecule has 0 saturated carbocycles. The summed E-state index contributed by atoms with van der Waals surface area (Å²) in [6.45, 7) is 3.81. The molecule has 4 nitrogen and oxygen atoms in total. The Balaban J connectivity index is 1.34. The van der Waals surface area contributed by atoms with Crippen LogP contribution in [0, 0.1) is 13.8 Å². The van der Waals surface area contributed by atoms with Gasteiger partial charge >= 0.3 is 6.18 Å². The van der Waals surface area contributed by atoms with Gasteiger partial charge in [-0.15, -0.1) is 0 Å². The lowest BCUT2D eigenvalue weighted by atomic mass is 9.98. The Morgan fingerprint density at radius 1 is 0.846 bits per heavy atom. The number of hydrogen-bond donors (Lipinski definition) is 2. The summed E-state index contributed by atoms with van der Waals surface area (Å²) in [5.41, 5.74) is 5.96. The highest BCUT2D eigenvalue weighted by Gasteiger charge is 2.30. The van der Waals surface area contributed by atoms with Crippen LogP contribution < -0.4 is 5.32 Å². The first-order valence-corrected chi connectivity index (χ1v) is 12.5. The van der Waals surface area contributed by atoms with Crippen molar-refractivity contribution >= 4 is 23.2 Å². The first-order chi connectivity index (χ1) is 18.6. The van der Waals surface area contributed by atoms with Crippen molar-refractivity contribution in [2.75, 3.05) is 5.32 Å². The molecule has 5 aromatic rings. The normalized spacial score (nSPS) is 11.4. The van der Waals surface area contributed by atoms with Crippen LogP contribution in [-0.4, -0.2) is 15.9 Å². The third-order valence-electron chi connectivity index (χ3n) is 6.43. The average molecular weight is 546 g/mol. The maximum absolute atomic E-state index is 13.1. The summed E-state index contributed by atoms with van der Waals surface area (Å²) in [5.74, 6) is 0.253. The summed E-state index contributed by atoms with van der Waals surface area (Å²) in [7, 11) is 0. The number of aromatic amines is 1. The van der Waals surface area contributed by atoms with E-state index in [1.165, 1.54) is 12.1 Å². The molecule has 4 aromatic carbocycles. The molecule has 1 heterocycles. The van der Waals surface area contributed by atoms with Crippen LogP contribution >= 0.6 is 11.6 Å². The average Bonchev–Trinajstić information content (AvgIpc) is 3.40. The molecule has 1 aromatic heterocycles. The van der Waals surface area contributed by atoms with Crippen LogP contribution in [0.2, 0.25) is 5.02 Å². The molecule has 0 bridgehead atoms. The number of carbonyl (C=O) groups excluding carboxylic acids is 1. The summed E-state index contributed by atoms with van der Waals surface area (Å²) in [5, 5.41) is 3.38. The Kier molecular flexibility index (Phi) is 7.02. The summed E-state index contributed by atoms with van der Waals surface area (Å²) in [6, 6.07) is 23.3. The third-order valence-corrected chi connectivity index (χ3v) is 6.76. The standard InChI is InChI=1S/C31H23ClF3N3O/c1-18-3-5-21(6-4-18)28-17-36-29(38-28)26-16-24(12-14-27(26)32)37-30(39)25-13-9-22(15-19(25)2)20-7-10-23(11-8-20)31(33,34)35/h3-17H,1-2H3,(H,36,38)(H,37,39).